The summed E-state index contributed by atoms with van der Waals surface area (Å²) in [5, 5.41) is 10.3. The number of unbranched alkanes of at least 4 members (excludes halogenated alkanes) is 13. The molecule has 1 fully saturated rings. The van der Waals surface area contributed by atoms with Gasteiger partial charge in [0.15, 0.2) is 0 Å². The molecule has 0 bridgehead atoms. The van der Waals surface area contributed by atoms with Gasteiger partial charge in [-0.15, -0.1) is 0 Å². The van der Waals surface area contributed by atoms with Crippen LogP contribution in [-0.2, 0) is 14.3 Å². The van der Waals surface area contributed by atoms with Gasteiger partial charge < -0.3 is 14.6 Å². The predicted molar refractivity (Wildman–Crippen MR) is 136 cm³/mol. The molecule has 8 heteroatoms. The fraction of sp³-hybridized carbons (Fsp3) is 0.815. The van der Waals surface area contributed by atoms with E-state index in [4.69, 9.17) is 9.47 Å². The summed E-state index contributed by atoms with van der Waals surface area (Å²) in [5.74, 6) is -0.291. The predicted octanol–water partition coefficient (Wildman–Crippen LogP) is 4.91. The van der Waals surface area contributed by atoms with E-state index in [0.717, 1.165) is 19.3 Å². The van der Waals surface area contributed by atoms with Crippen LogP contribution in [0.1, 0.15) is 121 Å². The molecule has 0 radical (unpaired) electrons. The highest BCUT2D eigenvalue weighted by atomic mass is 16.6. The van der Waals surface area contributed by atoms with Gasteiger partial charge >= 0.3 is 11.7 Å². The monoisotopic (exact) mass is 494 g/mol. The number of nitrogens with one attached hydrogen (secondary N) is 1. The summed E-state index contributed by atoms with van der Waals surface area (Å²) in [7, 11) is 0. The Bertz CT molecular complexity index is 849. The summed E-state index contributed by atoms with van der Waals surface area (Å²) in [5.41, 5.74) is -0.655. The maximum atomic E-state index is 12.1. The number of carbonyl (C=O) groups excluding carboxylic acids is 1. The standard InChI is InChI=1S/C27H46N2O6/c1-3-4-5-6-7-8-9-10-11-12-13-14-15-16-17-25(31)34-20-23-22(30)18-24(35-23)29-19-21(2)26(32)28-27(29)33/h19,22-24,30H,3-18,20H2,1-2H3,(H,28,32,33)/t22-,23+,24+/m0/s1. The number of carbonyl (C=O) groups is 1. The smallest absolute Gasteiger partial charge is 0.330 e. The Morgan fingerprint density at radius 2 is 1.54 bits per heavy atom. The van der Waals surface area contributed by atoms with E-state index in [9.17, 15) is 19.5 Å². The zero-order chi connectivity index (χ0) is 25.5. The summed E-state index contributed by atoms with van der Waals surface area (Å²) in [6, 6.07) is 0. The van der Waals surface area contributed by atoms with Crippen molar-refractivity contribution in [3.05, 3.63) is 32.6 Å². The van der Waals surface area contributed by atoms with Crippen LogP contribution in [0.25, 0.3) is 0 Å². The number of hydrogen-bond donors (Lipinski definition) is 2. The van der Waals surface area contributed by atoms with Gasteiger partial charge in [-0.2, -0.15) is 0 Å². The molecule has 1 aromatic heterocycles. The van der Waals surface area contributed by atoms with E-state index in [1.54, 1.807) is 6.92 Å². The van der Waals surface area contributed by atoms with E-state index in [1.807, 2.05) is 0 Å². The number of aryl methyl sites for hydroxylation is 1. The third-order valence-electron chi connectivity index (χ3n) is 6.80. The number of aliphatic hydroxyl groups excluding tert-OH is 1. The molecule has 0 amide bonds. The first-order valence-electron chi connectivity index (χ1n) is 13.7. The highest BCUT2D eigenvalue weighted by molar-refractivity contribution is 5.69. The van der Waals surface area contributed by atoms with Gasteiger partial charge in [0.1, 0.15) is 18.9 Å². The summed E-state index contributed by atoms with van der Waals surface area (Å²) in [6.45, 7) is 3.80. The average molecular weight is 495 g/mol. The summed E-state index contributed by atoms with van der Waals surface area (Å²) in [4.78, 5) is 37.9. The van der Waals surface area contributed by atoms with Crippen molar-refractivity contribution in [2.45, 2.75) is 135 Å². The van der Waals surface area contributed by atoms with Crippen molar-refractivity contribution in [1.29, 1.82) is 0 Å². The minimum Gasteiger partial charge on any atom is -0.463 e. The number of aromatic nitrogens is 2. The largest absolute Gasteiger partial charge is 0.463 e. The lowest BCUT2D eigenvalue weighted by Crippen LogP contribution is -2.33. The lowest BCUT2D eigenvalue weighted by Gasteiger charge is -2.16. The molecule has 3 atom stereocenters. The van der Waals surface area contributed by atoms with Crippen molar-refractivity contribution in [2.24, 2.45) is 0 Å². The molecule has 1 aliphatic rings. The fourth-order valence-electron chi connectivity index (χ4n) is 4.55. The zero-order valence-corrected chi connectivity index (χ0v) is 21.8. The van der Waals surface area contributed by atoms with Crippen LogP contribution in [0.3, 0.4) is 0 Å². The molecule has 2 heterocycles. The molecule has 0 aromatic carbocycles. The molecule has 8 nitrogen and oxygen atoms in total. The van der Waals surface area contributed by atoms with Crippen LogP contribution in [-0.4, -0.2) is 39.4 Å². The lowest BCUT2D eigenvalue weighted by atomic mass is 10.0. The third-order valence-corrected chi connectivity index (χ3v) is 6.80. The molecule has 1 aromatic rings. The molecule has 0 aliphatic carbocycles. The maximum absolute atomic E-state index is 12.1. The van der Waals surface area contributed by atoms with Gasteiger partial charge in [0.05, 0.1) is 6.10 Å². The molecule has 1 saturated heterocycles. The van der Waals surface area contributed by atoms with Gasteiger partial charge in [0.25, 0.3) is 5.56 Å². The van der Waals surface area contributed by atoms with E-state index < -0.39 is 29.7 Å². The number of nitrogens with zero attached hydrogens (tertiary/aromatic N) is 1. The van der Waals surface area contributed by atoms with Crippen molar-refractivity contribution in [3.8, 4) is 0 Å². The van der Waals surface area contributed by atoms with Crippen molar-refractivity contribution in [2.75, 3.05) is 6.61 Å². The fourth-order valence-corrected chi connectivity index (χ4v) is 4.55. The lowest BCUT2D eigenvalue weighted by molar-refractivity contribution is -0.150. The topological polar surface area (TPSA) is 111 Å². The Morgan fingerprint density at radius 3 is 2.11 bits per heavy atom. The van der Waals surface area contributed by atoms with Gasteiger partial charge in [-0.25, -0.2) is 4.79 Å². The summed E-state index contributed by atoms with van der Waals surface area (Å²) >= 11 is 0. The second kappa shape index (κ2) is 16.7. The second-order valence-electron chi connectivity index (χ2n) is 9.94. The number of hydrogen-bond acceptors (Lipinski definition) is 6. The van der Waals surface area contributed by atoms with Gasteiger partial charge in [-0.1, -0.05) is 90.4 Å². The molecule has 0 saturated carbocycles. The number of rotatable bonds is 18. The molecule has 35 heavy (non-hydrogen) atoms. The Labute approximate surface area is 209 Å². The van der Waals surface area contributed by atoms with Crippen molar-refractivity contribution >= 4 is 5.97 Å². The number of H-pyrrole nitrogens is 1. The van der Waals surface area contributed by atoms with Crippen LogP contribution in [0.15, 0.2) is 15.8 Å². The molecule has 1 aliphatic heterocycles. The highest BCUT2D eigenvalue weighted by Crippen LogP contribution is 2.28. The second-order valence-corrected chi connectivity index (χ2v) is 9.94. The first-order chi connectivity index (χ1) is 16.9. The van der Waals surface area contributed by atoms with Gasteiger partial charge in [-0.05, 0) is 13.3 Å². The number of aromatic amines is 1. The van der Waals surface area contributed by atoms with E-state index in [0.29, 0.717) is 12.0 Å². The molecular formula is C27H46N2O6. The quantitative estimate of drug-likeness (QED) is 0.222. The SMILES string of the molecule is CCCCCCCCCCCCCCCCC(=O)OC[C@H]1O[C@@H](n2cc(C)c(=O)[nH]c2=O)C[C@@H]1O. The molecule has 2 rings (SSSR count). The first kappa shape index (κ1) is 29.3. The van der Waals surface area contributed by atoms with Crippen LogP contribution in [0, 0.1) is 6.92 Å². The van der Waals surface area contributed by atoms with Gasteiger partial charge in [-0.3, -0.25) is 19.1 Å². The average Bonchev–Trinajstić information content (AvgIpc) is 3.20. The maximum Gasteiger partial charge on any atom is 0.330 e. The van der Waals surface area contributed by atoms with Crippen molar-refractivity contribution in [3.63, 3.8) is 0 Å². The molecule has 200 valence electrons. The Hall–Kier alpha value is -1.93. The van der Waals surface area contributed by atoms with E-state index in [1.165, 1.54) is 81.4 Å². The van der Waals surface area contributed by atoms with E-state index in [-0.39, 0.29) is 19.0 Å². The number of aliphatic hydroxyl groups is 1. The van der Waals surface area contributed by atoms with Crippen LogP contribution in [0.4, 0.5) is 0 Å². The minimum absolute atomic E-state index is 0.0494. The number of esters is 1. The van der Waals surface area contributed by atoms with Crippen LogP contribution >= 0.6 is 0 Å². The van der Waals surface area contributed by atoms with Crippen LogP contribution in [0.5, 0.6) is 0 Å². The normalized spacial score (nSPS) is 19.8. The van der Waals surface area contributed by atoms with Gasteiger partial charge in [0, 0.05) is 24.6 Å². The Balaban J connectivity index is 1.48. The van der Waals surface area contributed by atoms with E-state index >= 15 is 0 Å². The summed E-state index contributed by atoms with van der Waals surface area (Å²) in [6.07, 6.45) is 17.4. The molecule has 0 unspecified atom stereocenters. The third kappa shape index (κ3) is 11.1. The molecule has 0 spiro atoms. The van der Waals surface area contributed by atoms with Gasteiger partial charge in [0.2, 0.25) is 0 Å². The molecule has 2 N–H and O–H groups in total. The van der Waals surface area contributed by atoms with Crippen molar-refractivity contribution < 1.29 is 19.4 Å². The highest BCUT2D eigenvalue weighted by Gasteiger charge is 2.36. The van der Waals surface area contributed by atoms with Crippen molar-refractivity contribution in [1.82, 2.24) is 9.55 Å². The summed E-state index contributed by atoms with van der Waals surface area (Å²) < 4.78 is 12.3. The Kier molecular flexibility index (Phi) is 14.0. The first-order valence-corrected chi connectivity index (χ1v) is 13.7. The van der Waals surface area contributed by atoms with Crippen LogP contribution in [0.2, 0.25) is 0 Å². The minimum atomic E-state index is -0.854. The zero-order valence-electron chi connectivity index (χ0n) is 21.8. The van der Waals surface area contributed by atoms with Crippen LogP contribution < -0.4 is 11.2 Å². The number of ether oxygens (including phenoxy) is 2. The Morgan fingerprint density at radius 1 is 1.00 bits per heavy atom. The van der Waals surface area contributed by atoms with E-state index in [2.05, 4.69) is 11.9 Å². The molecular weight excluding hydrogens is 448 g/mol.